The van der Waals surface area contributed by atoms with Gasteiger partial charge in [-0.25, -0.2) is 4.79 Å². The number of carbonyl (C=O) groups excluding carboxylic acids is 2. The molecule has 1 heterocycles. The molecule has 0 unspecified atom stereocenters. The molecule has 0 bridgehead atoms. The van der Waals surface area contributed by atoms with E-state index >= 15 is 0 Å². The van der Waals surface area contributed by atoms with Crippen LogP contribution in [0.2, 0.25) is 0 Å². The molecule has 3 aromatic rings. The molecule has 1 amide bonds. The number of hydrogen-bond acceptors (Lipinski definition) is 4. The second-order valence-electron chi connectivity index (χ2n) is 8.00. The number of hydrogen-bond donors (Lipinski definition) is 1. The van der Waals surface area contributed by atoms with E-state index in [0.29, 0.717) is 10.6 Å². The molecule has 4 nitrogen and oxygen atoms in total. The number of fused-ring (bicyclic) bond motifs is 1. The fourth-order valence-corrected chi connectivity index (χ4v) is 4.93. The van der Waals surface area contributed by atoms with E-state index in [-0.39, 0.29) is 12.5 Å². The number of carbonyl (C=O) groups is 2. The number of anilines is 1. The van der Waals surface area contributed by atoms with Crippen LogP contribution in [0.15, 0.2) is 53.9 Å². The fourth-order valence-electron chi connectivity index (χ4n) is 3.97. The lowest BCUT2D eigenvalue weighted by atomic mass is 9.89. The van der Waals surface area contributed by atoms with Crippen LogP contribution in [-0.4, -0.2) is 18.5 Å². The Bertz CT molecular complexity index is 1160. The van der Waals surface area contributed by atoms with E-state index in [2.05, 4.69) is 23.5 Å². The van der Waals surface area contributed by atoms with Crippen LogP contribution in [0.5, 0.6) is 0 Å². The zero-order chi connectivity index (χ0) is 22.5. The topological polar surface area (TPSA) is 55.4 Å². The molecule has 32 heavy (non-hydrogen) atoms. The lowest BCUT2D eigenvalue weighted by Crippen LogP contribution is -2.12. The molecule has 0 fully saturated rings. The standard InChI is InChI=1S/C27H27NO3S/c1-3-31-27(30)25-23(22-14-13-20-6-4-5-7-21(20)16-22)17-32-26(25)28-24(29)15-12-19-10-8-18(2)9-11-19/h8-17H,3-7H2,1-2H3,(H,28,29)/b15-12+. The third kappa shape index (κ3) is 5.00. The SMILES string of the molecule is CCOC(=O)c1c(-c2ccc3c(c2)CCCC3)csc1NC(=O)/C=C/c1ccc(C)cc1. The van der Waals surface area contributed by atoms with Crippen LogP contribution in [0.1, 0.15) is 52.4 Å². The van der Waals surface area contributed by atoms with E-state index in [0.717, 1.165) is 29.5 Å². The van der Waals surface area contributed by atoms with Gasteiger partial charge in [0.25, 0.3) is 0 Å². The number of amides is 1. The van der Waals surface area contributed by atoms with Crippen LogP contribution in [0, 0.1) is 6.92 Å². The maximum atomic E-state index is 12.8. The smallest absolute Gasteiger partial charge is 0.341 e. The predicted octanol–water partition coefficient (Wildman–Crippen LogP) is 6.43. The highest BCUT2D eigenvalue weighted by atomic mass is 32.1. The molecule has 0 radical (unpaired) electrons. The van der Waals surface area contributed by atoms with Crippen molar-refractivity contribution in [1.29, 1.82) is 0 Å². The van der Waals surface area contributed by atoms with Crippen molar-refractivity contribution in [2.45, 2.75) is 39.5 Å². The lowest BCUT2D eigenvalue weighted by molar-refractivity contribution is -0.111. The number of benzene rings is 2. The quantitative estimate of drug-likeness (QED) is 0.351. The minimum absolute atomic E-state index is 0.277. The van der Waals surface area contributed by atoms with Crippen molar-refractivity contribution in [1.82, 2.24) is 0 Å². The minimum Gasteiger partial charge on any atom is -0.462 e. The number of thiophene rings is 1. The molecule has 0 aliphatic heterocycles. The molecule has 1 aliphatic carbocycles. The first-order chi connectivity index (χ1) is 15.5. The summed E-state index contributed by atoms with van der Waals surface area (Å²) < 4.78 is 5.32. The second-order valence-corrected chi connectivity index (χ2v) is 8.88. The highest BCUT2D eigenvalue weighted by Gasteiger charge is 2.23. The molecule has 5 heteroatoms. The Morgan fingerprint density at radius 3 is 2.56 bits per heavy atom. The predicted molar refractivity (Wildman–Crippen MR) is 131 cm³/mol. The normalized spacial score (nSPS) is 13.1. The van der Waals surface area contributed by atoms with Crippen LogP contribution in [-0.2, 0) is 22.4 Å². The molecule has 0 atom stereocenters. The van der Waals surface area contributed by atoms with Crippen molar-refractivity contribution in [2.24, 2.45) is 0 Å². The van der Waals surface area contributed by atoms with Gasteiger partial charge in [-0.1, -0.05) is 48.0 Å². The summed E-state index contributed by atoms with van der Waals surface area (Å²) in [5, 5.41) is 5.31. The number of ether oxygens (including phenoxy) is 1. The molecule has 1 N–H and O–H groups in total. The van der Waals surface area contributed by atoms with Gasteiger partial charge in [0.1, 0.15) is 10.6 Å². The monoisotopic (exact) mass is 445 g/mol. The van der Waals surface area contributed by atoms with Gasteiger partial charge in [-0.2, -0.15) is 0 Å². The molecule has 0 saturated carbocycles. The van der Waals surface area contributed by atoms with Gasteiger partial charge >= 0.3 is 5.97 Å². The molecular weight excluding hydrogens is 418 g/mol. The summed E-state index contributed by atoms with van der Waals surface area (Å²) in [4.78, 5) is 25.4. The van der Waals surface area contributed by atoms with Crippen LogP contribution < -0.4 is 5.32 Å². The summed E-state index contributed by atoms with van der Waals surface area (Å²) in [5.74, 6) is -0.700. The molecule has 164 valence electrons. The zero-order valence-corrected chi connectivity index (χ0v) is 19.3. The summed E-state index contributed by atoms with van der Waals surface area (Å²) in [6, 6.07) is 14.3. The van der Waals surface area contributed by atoms with E-state index in [4.69, 9.17) is 4.74 Å². The average Bonchev–Trinajstić information content (AvgIpc) is 3.22. The van der Waals surface area contributed by atoms with Gasteiger partial charge in [-0.05, 0) is 67.9 Å². The summed E-state index contributed by atoms with van der Waals surface area (Å²) in [5.41, 5.74) is 7.06. The summed E-state index contributed by atoms with van der Waals surface area (Å²) in [6.45, 7) is 4.08. The van der Waals surface area contributed by atoms with Crippen molar-refractivity contribution in [3.05, 3.63) is 81.7 Å². The first-order valence-corrected chi connectivity index (χ1v) is 11.9. The Kier molecular flexibility index (Phi) is 6.86. The van der Waals surface area contributed by atoms with Crippen molar-refractivity contribution in [3.8, 4) is 11.1 Å². The Balaban J connectivity index is 1.61. The zero-order valence-electron chi connectivity index (χ0n) is 18.4. The van der Waals surface area contributed by atoms with Gasteiger partial charge in [0.05, 0.1) is 6.61 Å². The maximum Gasteiger partial charge on any atom is 0.341 e. The Hall–Kier alpha value is -3.18. The fraction of sp³-hybridized carbons (Fsp3) is 0.259. The first-order valence-electron chi connectivity index (χ1n) is 11.0. The van der Waals surface area contributed by atoms with Crippen LogP contribution in [0.25, 0.3) is 17.2 Å². The molecule has 1 aliphatic rings. The van der Waals surface area contributed by atoms with Crippen LogP contribution in [0.4, 0.5) is 5.00 Å². The molecular formula is C27H27NO3S. The summed E-state index contributed by atoms with van der Waals surface area (Å²) in [7, 11) is 0. The molecule has 4 rings (SSSR count). The molecule has 0 spiro atoms. The van der Waals surface area contributed by atoms with E-state index in [1.54, 1.807) is 13.0 Å². The number of nitrogens with one attached hydrogen (secondary N) is 1. The minimum atomic E-state index is -0.417. The van der Waals surface area contributed by atoms with E-state index in [1.165, 1.54) is 46.9 Å². The van der Waals surface area contributed by atoms with E-state index in [1.807, 2.05) is 36.6 Å². The van der Waals surface area contributed by atoms with E-state index in [9.17, 15) is 9.59 Å². The van der Waals surface area contributed by atoms with Crippen molar-refractivity contribution >= 4 is 34.3 Å². The molecule has 2 aromatic carbocycles. The highest BCUT2D eigenvalue weighted by Crippen LogP contribution is 2.37. The maximum absolute atomic E-state index is 12.8. The van der Waals surface area contributed by atoms with Crippen molar-refractivity contribution in [2.75, 3.05) is 11.9 Å². The first kappa shape index (κ1) is 22.0. The highest BCUT2D eigenvalue weighted by molar-refractivity contribution is 7.15. The summed E-state index contributed by atoms with van der Waals surface area (Å²) >= 11 is 1.35. The van der Waals surface area contributed by atoms with Gasteiger partial charge in [0.2, 0.25) is 5.91 Å². The van der Waals surface area contributed by atoms with Gasteiger partial charge in [0, 0.05) is 17.0 Å². The molecule has 0 saturated heterocycles. The third-order valence-electron chi connectivity index (χ3n) is 5.67. The second kappa shape index (κ2) is 9.96. The van der Waals surface area contributed by atoms with Crippen molar-refractivity contribution in [3.63, 3.8) is 0 Å². The average molecular weight is 446 g/mol. The number of aryl methyl sites for hydroxylation is 3. The van der Waals surface area contributed by atoms with Crippen molar-refractivity contribution < 1.29 is 14.3 Å². The van der Waals surface area contributed by atoms with Gasteiger partial charge in [0.15, 0.2) is 0 Å². The Morgan fingerprint density at radius 2 is 1.81 bits per heavy atom. The molecule has 1 aromatic heterocycles. The Labute approximate surface area is 192 Å². The van der Waals surface area contributed by atoms with Gasteiger partial charge in [-0.15, -0.1) is 11.3 Å². The summed E-state index contributed by atoms with van der Waals surface area (Å²) in [6.07, 6.45) is 7.84. The number of rotatable bonds is 6. The number of esters is 1. The van der Waals surface area contributed by atoms with E-state index < -0.39 is 5.97 Å². The van der Waals surface area contributed by atoms with Crippen LogP contribution >= 0.6 is 11.3 Å². The Morgan fingerprint density at radius 1 is 1.06 bits per heavy atom. The lowest BCUT2D eigenvalue weighted by Gasteiger charge is -2.17. The largest absolute Gasteiger partial charge is 0.462 e. The van der Waals surface area contributed by atoms with Gasteiger partial charge in [-0.3, -0.25) is 4.79 Å². The van der Waals surface area contributed by atoms with Crippen LogP contribution in [0.3, 0.4) is 0 Å². The third-order valence-corrected chi connectivity index (χ3v) is 6.57. The van der Waals surface area contributed by atoms with Gasteiger partial charge < -0.3 is 10.1 Å².